The Balaban J connectivity index is 1.47. The second kappa shape index (κ2) is 8.08. The number of hydrogen-bond donors (Lipinski definition) is 1. The second-order valence-electron chi connectivity index (χ2n) is 6.18. The number of nitrogens with zero attached hydrogens (tertiary/aromatic N) is 4. The fourth-order valence-corrected chi connectivity index (χ4v) is 3.85. The van der Waals surface area contributed by atoms with Gasteiger partial charge in [0.2, 0.25) is 5.91 Å². The van der Waals surface area contributed by atoms with Crippen LogP contribution >= 0.6 is 11.3 Å². The lowest BCUT2D eigenvalue weighted by Gasteiger charge is -2.33. The molecule has 1 aliphatic heterocycles. The molecule has 1 fully saturated rings. The summed E-state index contributed by atoms with van der Waals surface area (Å²) in [4.78, 5) is 24.0. The largest absolute Gasteiger partial charge is 0.355 e. The normalized spacial score (nSPS) is 15.0. The monoisotopic (exact) mass is 355 g/mol. The third-order valence-electron chi connectivity index (χ3n) is 4.49. The van der Waals surface area contributed by atoms with E-state index in [1.165, 1.54) is 4.88 Å². The van der Waals surface area contributed by atoms with Gasteiger partial charge < -0.3 is 10.2 Å². The van der Waals surface area contributed by atoms with Crippen LogP contribution in [-0.2, 0) is 11.2 Å². The van der Waals surface area contributed by atoms with Crippen molar-refractivity contribution < 1.29 is 4.79 Å². The predicted molar refractivity (Wildman–Crippen MR) is 97.5 cm³/mol. The summed E-state index contributed by atoms with van der Waals surface area (Å²) >= 11 is 1.61. The summed E-state index contributed by atoms with van der Waals surface area (Å²) in [6.45, 7) is 3.57. The van der Waals surface area contributed by atoms with Gasteiger partial charge in [0.15, 0.2) is 0 Å². The fourth-order valence-electron chi connectivity index (χ4n) is 3.06. The molecule has 7 heteroatoms. The fraction of sp³-hybridized carbons (Fsp3) is 0.444. The van der Waals surface area contributed by atoms with Gasteiger partial charge in [0.1, 0.15) is 11.9 Å². The van der Waals surface area contributed by atoms with E-state index in [0.717, 1.165) is 43.9 Å². The van der Waals surface area contributed by atoms with Crippen LogP contribution in [0, 0.1) is 18.3 Å². The highest BCUT2D eigenvalue weighted by Crippen LogP contribution is 2.21. The molecule has 1 amide bonds. The third-order valence-corrected chi connectivity index (χ3v) is 5.49. The molecule has 2 aromatic rings. The van der Waals surface area contributed by atoms with Gasteiger partial charge in [-0.2, -0.15) is 5.26 Å². The van der Waals surface area contributed by atoms with Crippen LogP contribution in [0.25, 0.3) is 0 Å². The van der Waals surface area contributed by atoms with E-state index in [2.05, 4.69) is 26.3 Å². The summed E-state index contributed by atoms with van der Waals surface area (Å²) in [5.41, 5.74) is 3.45. The Hall–Kier alpha value is -2.46. The molecule has 0 atom stereocenters. The molecule has 0 aliphatic carbocycles. The summed E-state index contributed by atoms with van der Waals surface area (Å²) in [5.74, 6) is 0.845. The first-order valence-electron chi connectivity index (χ1n) is 8.45. The molecule has 6 nitrogen and oxygen atoms in total. The van der Waals surface area contributed by atoms with E-state index in [0.29, 0.717) is 12.0 Å². The number of aromatic nitrogens is 2. The van der Waals surface area contributed by atoms with E-state index in [1.54, 1.807) is 29.7 Å². The van der Waals surface area contributed by atoms with Crippen molar-refractivity contribution in [2.75, 3.05) is 18.0 Å². The minimum Gasteiger partial charge on any atom is -0.355 e. The minimum absolute atomic E-state index is 0.0989. The number of hydrogen-bond acceptors (Lipinski definition) is 6. The van der Waals surface area contributed by atoms with Crippen LogP contribution in [-0.4, -0.2) is 35.0 Å². The van der Waals surface area contributed by atoms with Crippen LogP contribution in [0.1, 0.15) is 35.4 Å². The van der Waals surface area contributed by atoms with E-state index >= 15 is 0 Å². The summed E-state index contributed by atoms with van der Waals surface area (Å²) in [6, 6.07) is 5.95. The highest BCUT2D eigenvalue weighted by molar-refractivity contribution is 7.09. The van der Waals surface area contributed by atoms with E-state index < -0.39 is 0 Å². The molecule has 0 saturated carbocycles. The first-order valence-corrected chi connectivity index (χ1v) is 9.33. The number of anilines is 1. The van der Waals surface area contributed by atoms with E-state index in [9.17, 15) is 10.1 Å². The van der Waals surface area contributed by atoms with Gasteiger partial charge in [-0.1, -0.05) is 0 Å². The number of carbonyl (C=O) groups excluding carboxylic acids is 1. The van der Waals surface area contributed by atoms with E-state index in [1.807, 2.05) is 12.4 Å². The first-order chi connectivity index (χ1) is 12.2. The van der Waals surface area contributed by atoms with Crippen molar-refractivity contribution in [2.45, 2.75) is 38.6 Å². The zero-order valence-corrected chi connectivity index (χ0v) is 15.1. The van der Waals surface area contributed by atoms with Crippen LogP contribution in [0.3, 0.4) is 0 Å². The molecule has 0 aromatic carbocycles. The predicted octanol–water partition coefficient (Wildman–Crippen LogP) is 2.44. The number of pyridine rings is 1. The molecule has 0 spiro atoms. The summed E-state index contributed by atoms with van der Waals surface area (Å²) in [5, 5.41) is 12.3. The molecule has 130 valence electrons. The molecule has 0 unspecified atom stereocenters. The summed E-state index contributed by atoms with van der Waals surface area (Å²) in [7, 11) is 0. The molecule has 1 saturated heterocycles. The van der Waals surface area contributed by atoms with Crippen molar-refractivity contribution in [1.29, 1.82) is 5.26 Å². The van der Waals surface area contributed by atoms with Crippen molar-refractivity contribution >= 4 is 23.1 Å². The molecule has 2 aromatic heterocycles. The van der Waals surface area contributed by atoms with Crippen molar-refractivity contribution in [1.82, 2.24) is 15.3 Å². The summed E-state index contributed by atoms with van der Waals surface area (Å²) in [6.07, 6.45) is 4.70. The van der Waals surface area contributed by atoms with Crippen LogP contribution in [0.2, 0.25) is 0 Å². The molecule has 1 N–H and O–H groups in total. The Labute approximate surface area is 151 Å². The topological polar surface area (TPSA) is 81.9 Å². The Kier molecular flexibility index (Phi) is 5.61. The quantitative estimate of drug-likeness (QED) is 0.891. The van der Waals surface area contributed by atoms with Crippen molar-refractivity contribution in [2.24, 2.45) is 0 Å². The van der Waals surface area contributed by atoms with Crippen LogP contribution in [0.15, 0.2) is 23.8 Å². The number of aryl methyl sites for hydroxylation is 2. The minimum atomic E-state index is 0.0989. The van der Waals surface area contributed by atoms with Gasteiger partial charge in [-0.15, -0.1) is 11.3 Å². The van der Waals surface area contributed by atoms with Gasteiger partial charge in [0.25, 0.3) is 0 Å². The van der Waals surface area contributed by atoms with Crippen molar-refractivity contribution in [3.05, 3.63) is 40.0 Å². The van der Waals surface area contributed by atoms with Gasteiger partial charge in [0, 0.05) is 36.6 Å². The molecule has 25 heavy (non-hydrogen) atoms. The van der Waals surface area contributed by atoms with Gasteiger partial charge in [-0.25, -0.2) is 9.97 Å². The number of carbonyl (C=O) groups is 1. The highest BCUT2D eigenvalue weighted by atomic mass is 32.1. The zero-order chi connectivity index (χ0) is 17.6. The van der Waals surface area contributed by atoms with Crippen molar-refractivity contribution in [3.8, 4) is 6.07 Å². The number of thiazole rings is 1. The van der Waals surface area contributed by atoms with Crippen LogP contribution < -0.4 is 10.2 Å². The average Bonchev–Trinajstić information content (AvgIpc) is 3.05. The highest BCUT2D eigenvalue weighted by Gasteiger charge is 2.23. The Morgan fingerprint density at radius 3 is 2.92 bits per heavy atom. The van der Waals surface area contributed by atoms with Crippen LogP contribution in [0.5, 0.6) is 0 Å². The maximum absolute atomic E-state index is 12.2. The number of amides is 1. The zero-order valence-electron chi connectivity index (χ0n) is 14.2. The second-order valence-corrected chi connectivity index (χ2v) is 7.12. The molecule has 3 heterocycles. The SMILES string of the molecule is Cc1ncsc1CCC(=O)NC1CCN(c2ncccc2C#N)CC1. The Bertz CT molecular complexity index is 774. The van der Waals surface area contributed by atoms with Gasteiger partial charge in [0.05, 0.1) is 16.8 Å². The van der Waals surface area contributed by atoms with Gasteiger partial charge in [-0.05, 0) is 38.3 Å². The molecular weight excluding hydrogens is 334 g/mol. The molecule has 1 aliphatic rings. The van der Waals surface area contributed by atoms with E-state index in [4.69, 9.17) is 0 Å². The Morgan fingerprint density at radius 2 is 2.24 bits per heavy atom. The molecule has 0 bridgehead atoms. The number of rotatable bonds is 5. The lowest BCUT2D eigenvalue weighted by atomic mass is 10.0. The van der Waals surface area contributed by atoms with E-state index in [-0.39, 0.29) is 11.9 Å². The maximum Gasteiger partial charge on any atom is 0.220 e. The van der Waals surface area contributed by atoms with Crippen LogP contribution in [0.4, 0.5) is 5.82 Å². The molecular formula is C18H21N5OS. The summed E-state index contributed by atoms with van der Waals surface area (Å²) < 4.78 is 0. The number of nitriles is 1. The molecule has 0 radical (unpaired) electrons. The first kappa shape index (κ1) is 17.4. The smallest absolute Gasteiger partial charge is 0.220 e. The number of piperidine rings is 1. The van der Waals surface area contributed by atoms with Crippen molar-refractivity contribution in [3.63, 3.8) is 0 Å². The van der Waals surface area contributed by atoms with Gasteiger partial charge >= 0.3 is 0 Å². The lowest BCUT2D eigenvalue weighted by Crippen LogP contribution is -2.45. The van der Waals surface area contributed by atoms with Gasteiger partial charge in [-0.3, -0.25) is 4.79 Å². The average molecular weight is 355 g/mol. The lowest BCUT2D eigenvalue weighted by molar-refractivity contribution is -0.121. The molecule has 3 rings (SSSR count). The third kappa shape index (κ3) is 4.34. The maximum atomic E-state index is 12.2. The Morgan fingerprint density at radius 1 is 1.44 bits per heavy atom. The standard InChI is InChI=1S/C18H21N5OS/c1-13-16(25-12-21-13)4-5-17(24)22-15-6-9-23(10-7-15)18-14(11-19)3-2-8-20-18/h2-3,8,12,15H,4-7,9-10H2,1H3,(H,22,24). The number of nitrogens with one attached hydrogen (secondary N) is 1.